The molecule has 1 aliphatic carbocycles. The molecule has 1 heterocycles. The lowest BCUT2D eigenvalue weighted by Gasteiger charge is -2.13. The van der Waals surface area contributed by atoms with Crippen LogP contribution in [0.25, 0.3) is 32.9 Å². The van der Waals surface area contributed by atoms with Crippen molar-refractivity contribution in [1.29, 1.82) is 0 Å². The van der Waals surface area contributed by atoms with E-state index in [1.165, 1.54) is 89.0 Å². The zero-order chi connectivity index (χ0) is 18.9. The Balaban J connectivity index is 1.51. The largest absolute Gasteiger partial charge is 0.355 e. The first-order valence-electron chi connectivity index (χ1n) is 11.0. The fourth-order valence-corrected chi connectivity index (χ4v) is 5.09. The number of hydrogen-bond donors (Lipinski definition) is 1. The van der Waals surface area contributed by atoms with Crippen LogP contribution in [0.15, 0.2) is 60.7 Å². The molecule has 1 atom stereocenters. The summed E-state index contributed by atoms with van der Waals surface area (Å²) in [5.74, 6) is 0.549. The van der Waals surface area contributed by atoms with Crippen LogP contribution >= 0.6 is 0 Å². The van der Waals surface area contributed by atoms with Gasteiger partial charge in [0.25, 0.3) is 0 Å². The number of rotatable bonds is 7. The van der Waals surface area contributed by atoms with Crippen molar-refractivity contribution in [3.63, 3.8) is 0 Å². The van der Waals surface area contributed by atoms with Crippen molar-refractivity contribution in [2.75, 3.05) is 0 Å². The van der Waals surface area contributed by atoms with E-state index in [9.17, 15) is 0 Å². The predicted octanol–water partition coefficient (Wildman–Crippen LogP) is 8.18. The second-order valence-electron chi connectivity index (χ2n) is 8.35. The Hall–Kier alpha value is -2.54. The van der Waals surface area contributed by atoms with E-state index in [1.807, 2.05) is 0 Å². The lowest BCUT2D eigenvalue weighted by molar-refractivity contribution is 0.571. The van der Waals surface area contributed by atoms with E-state index < -0.39 is 0 Å². The summed E-state index contributed by atoms with van der Waals surface area (Å²) in [6, 6.07) is 22.6. The molecule has 0 aliphatic heterocycles. The molecule has 5 rings (SSSR count). The highest BCUT2D eigenvalue weighted by Crippen LogP contribution is 2.48. The van der Waals surface area contributed by atoms with E-state index in [2.05, 4.69) is 72.6 Å². The maximum absolute atomic E-state index is 3.65. The van der Waals surface area contributed by atoms with Gasteiger partial charge in [-0.25, -0.2) is 0 Å². The van der Waals surface area contributed by atoms with E-state index in [0.717, 1.165) is 0 Å². The molecule has 1 unspecified atom stereocenters. The molecule has 28 heavy (non-hydrogen) atoms. The van der Waals surface area contributed by atoms with Gasteiger partial charge in [0.05, 0.1) is 0 Å². The van der Waals surface area contributed by atoms with Crippen LogP contribution in [0.3, 0.4) is 0 Å². The molecule has 0 radical (unpaired) electrons. The number of aromatic nitrogens is 1. The topological polar surface area (TPSA) is 15.8 Å². The van der Waals surface area contributed by atoms with E-state index in [1.54, 1.807) is 0 Å². The molecule has 0 bridgehead atoms. The molecule has 1 heteroatoms. The third kappa shape index (κ3) is 2.94. The minimum absolute atomic E-state index is 0.549. The quantitative estimate of drug-likeness (QED) is 0.317. The third-order valence-electron chi connectivity index (χ3n) is 6.52. The van der Waals surface area contributed by atoms with Crippen LogP contribution in [0.2, 0.25) is 0 Å². The first kappa shape index (κ1) is 17.6. The SMILES string of the molecule is CCCCCCCCC1c2ccccc2-c2cc3c(cc21)[nH]c1ccccc13. The Morgan fingerprint density at radius 3 is 2.39 bits per heavy atom. The molecular weight excluding hydrogens is 338 g/mol. The second kappa shape index (κ2) is 7.47. The number of aromatic amines is 1. The Morgan fingerprint density at radius 2 is 1.46 bits per heavy atom. The maximum Gasteiger partial charge on any atom is 0.0468 e. The molecule has 0 spiro atoms. The van der Waals surface area contributed by atoms with Crippen molar-refractivity contribution in [2.45, 2.75) is 57.8 Å². The van der Waals surface area contributed by atoms with Gasteiger partial charge >= 0.3 is 0 Å². The fourth-order valence-electron chi connectivity index (χ4n) is 5.09. The minimum atomic E-state index is 0.549. The van der Waals surface area contributed by atoms with Crippen molar-refractivity contribution >= 4 is 21.8 Å². The zero-order valence-corrected chi connectivity index (χ0v) is 16.8. The normalized spacial score (nSPS) is 15.2. The van der Waals surface area contributed by atoms with Gasteiger partial charge in [-0.3, -0.25) is 0 Å². The zero-order valence-electron chi connectivity index (χ0n) is 16.8. The number of fused-ring (bicyclic) bond motifs is 6. The van der Waals surface area contributed by atoms with Crippen molar-refractivity contribution in [1.82, 2.24) is 4.98 Å². The predicted molar refractivity (Wildman–Crippen MR) is 121 cm³/mol. The van der Waals surface area contributed by atoms with Crippen LogP contribution < -0.4 is 0 Å². The standard InChI is InChI=1S/C27H29N/c1-2-3-4-5-6-7-12-21-19-13-8-9-14-20(19)23-17-25-22-15-10-11-16-26(22)28-27(25)18-24(21)23/h8-11,13-18,21,28H,2-7,12H2,1H3. The molecule has 1 nitrogen and oxygen atoms in total. The second-order valence-corrected chi connectivity index (χ2v) is 8.35. The summed E-state index contributed by atoms with van der Waals surface area (Å²) in [6.45, 7) is 2.29. The highest BCUT2D eigenvalue weighted by molar-refractivity contribution is 6.09. The van der Waals surface area contributed by atoms with Gasteiger partial charge in [0.1, 0.15) is 0 Å². The average molecular weight is 368 g/mol. The average Bonchev–Trinajstić information content (AvgIpc) is 3.24. The summed E-state index contributed by atoms with van der Waals surface area (Å²) < 4.78 is 0. The van der Waals surface area contributed by atoms with Gasteiger partial charge in [0.2, 0.25) is 0 Å². The summed E-state index contributed by atoms with van der Waals surface area (Å²) in [4.78, 5) is 3.65. The van der Waals surface area contributed by atoms with Crippen molar-refractivity contribution < 1.29 is 0 Å². The lowest BCUT2D eigenvalue weighted by Crippen LogP contribution is -1.97. The Kier molecular flexibility index (Phi) is 4.68. The summed E-state index contributed by atoms with van der Waals surface area (Å²) in [5, 5.41) is 2.68. The summed E-state index contributed by atoms with van der Waals surface area (Å²) >= 11 is 0. The number of nitrogens with one attached hydrogen (secondary N) is 1. The molecule has 0 fully saturated rings. The number of benzene rings is 3. The summed E-state index contributed by atoms with van der Waals surface area (Å²) in [5.41, 5.74) is 8.46. The third-order valence-corrected chi connectivity index (χ3v) is 6.52. The van der Waals surface area contributed by atoms with Crippen LogP contribution in [-0.4, -0.2) is 4.98 Å². The Labute approximate surface area is 167 Å². The van der Waals surface area contributed by atoms with Gasteiger partial charge < -0.3 is 4.98 Å². The number of unbranched alkanes of at least 4 members (excludes halogenated alkanes) is 5. The summed E-state index contributed by atoms with van der Waals surface area (Å²) in [7, 11) is 0. The van der Waals surface area contributed by atoms with E-state index >= 15 is 0 Å². The van der Waals surface area contributed by atoms with Gasteiger partial charge in [0.15, 0.2) is 0 Å². The molecule has 1 aliphatic rings. The molecule has 4 aromatic rings. The van der Waals surface area contributed by atoms with Crippen LogP contribution in [0.5, 0.6) is 0 Å². The van der Waals surface area contributed by atoms with Crippen LogP contribution in [-0.2, 0) is 0 Å². The van der Waals surface area contributed by atoms with Crippen molar-refractivity contribution in [3.05, 3.63) is 71.8 Å². The first-order valence-corrected chi connectivity index (χ1v) is 11.0. The van der Waals surface area contributed by atoms with E-state index in [0.29, 0.717) is 5.92 Å². The Morgan fingerprint density at radius 1 is 0.679 bits per heavy atom. The van der Waals surface area contributed by atoms with Crippen LogP contribution in [0.4, 0.5) is 0 Å². The molecule has 0 saturated carbocycles. The highest BCUT2D eigenvalue weighted by Gasteiger charge is 2.28. The monoisotopic (exact) mass is 367 g/mol. The molecule has 0 saturated heterocycles. The molecule has 142 valence electrons. The molecule has 1 N–H and O–H groups in total. The molecule has 0 amide bonds. The minimum Gasteiger partial charge on any atom is -0.355 e. The fraction of sp³-hybridized carbons (Fsp3) is 0.333. The smallest absolute Gasteiger partial charge is 0.0468 e. The highest BCUT2D eigenvalue weighted by atomic mass is 14.7. The van der Waals surface area contributed by atoms with Gasteiger partial charge in [0, 0.05) is 27.7 Å². The van der Waals surface area contributed by atoms with Crippen LogP contribution in [0, 0.1) is 0 Å². The molecular formula is C27H29N. The van der Waals surface area contributed by atoms with Crippen molar-refractivity contribution in [2.24, 2.45) is 0 Å². The molecule has 3 aromatic carbocycles. The van der Waals surface area contributed by atoms with Gasteiger partial charge in [-0.1, -0.05) is 87.9 Å². The van der Waals surface area contributed by atoms with Gasteiger partial charge in [-0.05, 0) is 46.9 Å². The summed E-state index contributed by atoms with van der Waals surface area (Å²) in [6.07, 6.45) is 9.44. The van der Waals surface area contributed by atoms with Crippen molar-refractivity contribution in [3.8, 4) is 11.1 Å². The number of H-pyrrole nitrogens is 1. The lowest BCUT2D eigenvalue weighted by atomic mass is 9.90. The van der Waals surface area contributed by atoms with Gasteiger partial charge in [-0.15, -0.1) is 0 Å². The van der Waals surface area contributed by atoms with E-state index in [4.69, 9.17) is 0 Å². The Bertz CT molecular complexity index is 1120. The number of hydrogen-bond acceptors (Lipinski definition) is 0. The van der Waals surface area contributed by atoms with E-state index in [-0.39, 0.29) is 0 Å². The maximum atomic E-state index is 3.65. The number of para-hydroxylation sites is 1. The van der Waals surface area contributed by atoms with Crippen LogP contribution in [0.1, 0.15) is 68.9 Å². The first-order chi connectivity index (χ1) is 13.9. The van der Waals surface area contributed by atoms with Gasteiger partial charge in [-0.2, -0.15) is 0 Å². The molecule has 1 aromatic heterocycles.